The van der Waals surface area contributed by atoms with Crippen LogP contribution in [0.5, 0.6) is 5.75 Å². The Morgan fingerprint density at radius 3 is 3.06 bits per heavy atom. The number of ether oxygens (including phenoxy) is 1. The van der Waals surface area contributed by atoms with E-state index in [1.165, 1.54) is 0 Å². The standard InChI is InChI=1S/C13H18N2O2/c1-9-3-4-11-12(7-9)17-10(2)8-15(11)13(16)5-6-14/h3-4,7,10H,5-6,8,14H2,1-2H3. The van der Waals surface area contributed by atoms with Gasteiger partial charge in [-0.1, -0.05) is 6.07 Å². The summed E-state index contributed by atoms with van der Waals surface area (Å²) >= 11 is 0. The van der Waals surface area contributed by atoms with Crippen LogP contribution in [0.2, 0.25) is 0 Å². The van der Waals surface area contributed by atoms with E-state index in [4.69, 9.17) is 10.5 Å². The summed E-state index contributed by atoms with van der Waals surface area (Å²) in [5.41, 5.74) is 7.42. The number of benzene rings is 1. The van der Waals surface area contributed by atoms with Gasteiger partial charge in [0.2, 0.25) is 5.91 Å². The molecule has 17 heavy (non-hydrogen) atoms. The van der Waals surface area contributed by atoms with Crippen molar-refractivity contribution < 1.29 is 9.53 Å². The lowest BCUT2D eigenvalue weighted by atomic mass is 10.1. The van der Waals surface area contributed by atoms with E-state index in [0.717, 1.165) is 17.0 Å². The van der Waals surface area contributed by atoms with E-state index in [1.807, 2.05) is 32.0 Å². The highest BCUT2D eigenvalue weighted by atomic mass is 16.5. The van der Waals surface area contributed by atoms with Gasteiger partial charge in [-0.2, -0.15) is 0 Å². The van der Waals surface area contributed by atoms with Gasteiger partial charge in [-0.15, -0.1) is 0 Å². The molecule has 0 saturated carbocycles. The quantitative estimate of drug-likeness (QED) is 0.842. The Balaban J connectivity index is 2.34. The van der Waals surface area contributed by atoms with Crippen molar-refractivity contribution in [2.24, 2.45) is 5.73 Å². The van der Waals surface area contributed by atoms with Crippen molar-refractivity contribution in [1.29, 1.82) is 0 Å². The van der Waals surface area contributed by atoms with E-state index in [2.05, 4.69) is 0 Å². The number of hydrogen-bond acceptors (Lipinski definition) is 3. The molecule has 1 amide bonds. The summed E-state index contributed by atoms with van der Waals surface area (Å²) in [6.45, 7) is 4.95. The molecular formula is C13H18N2O2. The molecule has 1 aliphatic rings. The van der Waals surface area contributed by atoms with E-state index >= 15 is 0 Å². The Kier molecular flexibility index (Phi) is 3.33. The molecule has 1 aromatic rings. The fourth-order valence-electron chi connectivity index (χ4n) is 2.04. The summed E-state index contributed by atoms with van der Waals surface area (Å²) in [7, 11) is 0. The zero-order valence-corrected chi connectivity index (χ0v) is 10.3. The molecule has 0 radical (unpaired) electrons. The number of aryl methyl sites for hydroxylation is 1. The van der Waals surface area contributed by atoms with Gasteiger partial charge in [0.15, 0.2) is 0 Å². The third-order valence-corrected chi connectivity index (χ3v) is 2.83. The molecule has 0 fully saturated rings. The number of fused-ring (bicyclic) bond motifs is 1. The van der Waals surface area contributed by atoms with Gasteiger partial charge in [-0.3, -0.25) is 4.79 Å². The number of nitrogens with two attached hydrogens (primary N) is 1. The van der Waals surface area contributed by atoms with Gasteiger partial charge in [0.1, 0.15) is 11.9 Å². The number of hydrogen-bond donors (Lipinski definition) is 1. The predicted molar refractivity (Wildman–Crippen MR) is 67.3 cm³/mol. The third-order valence-electron chi connectivity index (χ3n) is 2.83. The molecule has 0 bridgehead atoms. The maximum Gasteiger partial charge on any atom is 0.228 e. The number of carbonyl (C=O) groups is 1. The second-order valence-electron chi connectivity index (χ2n) is 4.44. The summed E-state index contributed by atoms with van der Waals surface area (Å²) in [6.07, 6.45) is 0.395. The fourth-order valence-corrected chi connectivity index (χ4v) is 2.04. The topological polar surface area (TPSA) is 55.6 Å². The molecule has 1 aliphatic heterocycles. The molecule has 1 aromatic carbocycles. The molecule has 0 spiro atoms. The van der Waals surface area contributed by atoms with Crippen LogP contribution in [0.1, 0.15) is 18.9 Å². The SMILES string of the molecule is Cc1ccc2c(c1)OC(C)CN2C(=O)CCN. The molecule has 4 heteroatoms. The van der Waals surface area contributed by atoms with Gasteiger partial charge in [-0.25, -0.2) is 0 Å². The minimum Gasteiger partial charge on any atom is -0.487 e. The largest absolute Gasteiger partial charge is 0.487 e. The zero-order valence-electron chi connectivity index (χ0n) is 10.3. The van der Waals surface area contributed by atoms with Crippen molar-refractivity contribution in [2.75, 3.05) is 18.0 Å². The number of amides is 1. The average Bonchev–Trinajstić information content (AvgIpc) is 2.27. The van der Waals surface area contributed by atoms with Gasteiger partial charge < -0.3 is 15.4 Å². The van der Waals surface area contributed by atoms with E-state index in [0.29, 0.717) is 19.5 Å². The summed E-state index contributed by atoms with van der Waals surface area (Å²) in [5.74, 6) is 0.849. The maximum atomic E-state index is 12.0. The second kappa shape index (κ2) is 4.75. The predicted octanol–water partition coefficient (Wildman–Crippen LogP) is 1.46. The first-order valence-electron chi connectivity index (χ1n) is 5.89. The van der Waals surface area contributed by atoms with Crippen LogP contribution < -0.4 is 15.4 Å². The first kappa shape index (κ1) is 11.9. The second-order valence-corrected chi connectivity index (χ2v) is 4.44. The van der Waals surface area contributed by atoms with Gasteiger partial charge >= 0.3 is 0 Å². The third kappa shape index (κ3) is 2.42. The minimum absolute atomic E-state index is 0.0195. The van der Waals surface area contributed by atoms with Crippen LogP contribution in [0.25, 0.3) is 0 Å². The Hall–Kier alpha value is -1.55. The Labute approximate surface area is 101 Å². The minimum atomic E-state index is 0.0195. The van der Waals surface area contributed by atoms with Crippen LogP contribution in [-0.2, 0) is 4.79 Å². The van der Waals surface area contributed by atoms with Gasteiger partial charge in [0.05, 0.1) is 12.2 Å². The van der Waals surface area contributed by atoms with E-state index < -0.39 is 0 Å². The highest BCUT2D eigenvalue weighted by Crippen LogP contribution is 2.34. The molecule has 2 rings (SSSR count). The van der Waals surface area contributed by atoms with E-state index in [-0.39, 0.29) is 12.0 Å². The fraction of sp³-hybridized carbons (Fsp3) is 0.462. The molecule has 1 unspecified atom stereocenters. The van der Waals surface area contributed by atoms with Crippen molar-refractivity contribution in [1.82, 2.24) is 0 Å². The molecule has 0 aliphatic carbocycles. The van der Waals surface area contributed by atoms with E-state index in [9.17, 15) is 4.79 Å². The molecule has 4 nitrogen and oxygen atoms in total. The number of nitrogens with zero attached hydrogens (tertiary/aromatic N) is 1. The summed E-state index contributed by atoms with van der Waals surface area (Å²) < 4.78 is 5.75. The smallest absolute Gasteiger partial charge is 0.228 e. The van der Waals surface area contributed by atoms with Crippen molar-refractivity contribution >= 4 is 11.6 Å². The monoisotopic (exact) mass is 234 g/mol. The Morgan fingerprint density at radius 2 is 2.35 bits per heavy atom. The van der Waals surface area contributed by atoms with E-state index in [1.54, 1.807) is 4.90 Å². The maximum absolute atomic E-state index is 12.0. The van der Waals surface area contributed by atoms with Crippen molar-refractivity contribution in [3.05, 3.63) is 23.8 Å². The van der Waals surface area contributed by atoms with Gasteiger partial charge in [0, 0.05) is 13.0 Å². The molecule has 92 valence electrons. The summed E-state index contributed by atoms with van der Waals surface area (Å²) in [6, 6.07) is 5.89. The zero-order chi connectivity index (χ0) is 12.4. The lowest BCUT2D eigenvalue weighted by Gasteiger charge is -2.33. The molecular weight excluding hydrogens is 216 g/mol. The normalized spacial score (nSPS) is 18.5. The van der Waals surface area contributed by atoms with Crippen LogP contribution >= 0.6 is 0 Å². The lowest BCUT2D eigenvalue weighted by Crippen LogP contribution is -2.42. The first-order valence-corrected chi connectivity index (χ1v) is 5.89. The highest BCUT2D eigenvalue weighted by molar-refractivity contribution is 5.95. The van der Waals surface area contributed by atoms with Crippen LogP contribution in [0.15, 0.2) is 18.2 Å². The van der Waals surface area contributed by atoms with Gasteiger partial charge in [0.25, 0.3) is 0 Å². The Bertz CT molecular complexity index is 431. The van der Waals surface area contributed by atoms with Crippen molar-refractivity contribution in [3.8, 4) is 5.75 Å². The van der Waals surface area contributed by atoms with Crippen LogP contribution in [0.4, 0.5) is 5.69 Å². The van der Waals surface area contributed by atoms with Crippen LogP contribution in [0, 0.1) is 6.92 Å². The molecule has 2 N–H and O–H groups in total. The molecule has 1 atom stereocenters. The van der Waals surface area contributed by atoms with Crippen LogP contribution in [0.3, 0.4) is 0 Å². The lowest BCUT2D eigenvalue weighted by molar-refractivity contribution is -0.118. The highest BCUT2D eigenvalue weighted by Gasteiger charge is 2.26. The molecule has 0 saturated heterocycles. The summed E-state index contributed by atoms with van der Waals surface area (Å²) in [4.78, 5) is 13.8. The number of anilines is 1. The summed E-state index contributed by atoms with van der Waals surface area (Å²) in [5, 5.41) is 0. The van der Waals surface area contributed by atoms with Crippen molar-refractivity contribution in [2.45, 2.75) is 26.4 Å². The van der Waals surface area contributed by atoms with Crippen molar-refractivity contribution in [3.63, 3.8) is 0 Å². The number of rotatable bonds is 2. The average molecular weight is 234 g/mol. The molecule has 0 aromatic heterocycles. The van der Waals surface area contributed by atoms with Crippen LogP contribution in [-0.4, -0.2) is 25.1 Å². The Morgan fingerprint density at radius 1 is 1.59 bits per heavy atom. The number of carbonyl (C=O) groups excluding carboxylic acids is 1. The van der Waals surface area contributed by atoms with Gasteiger partial charge in [-0.05, 0) is 31.5 Å². The first-order chi connectivity index (χ1) is 8.11. The molecule has 1 heterocycles.